The molecule has 0 aliphatic rings. The van der Waals surface area contributed by atoms with Crippen LogP contribution in [0.3, 0.4) is 0 Å². The van der Waals surface area contributed by atoms with Gasteiger partial charge < -0.3 is 10.6 Å². The van der Waals surface area contributed by atoms with E-state index < -0.39 is 0 Å². The minimum Gasteiger partial charge on any atom is -0.384 e. The molecule has 1 atom stereocenters. The van der Waals surface area contributed by atoms with Gasteiger partial charge in [-0.25, -0.2) is 0 Å². The van der Waals surface area contributed by atoms with Gasteiger partial charge in [0.2, 0.25) is 0 Å². The third-order valence-corrected chi connectivity index (χ3v) is 3.76. The van der Waals surface area contributed by atoms with Crippen LogP contribution in [0.1, 0.15) is 45.6 Å². The summed E-state index contributed by atoms with van der Waals surface area (Å²) in [5, 5.41) is 8.30. The Hall–Kier alpha value is -1.22. The Morgan fingerprint density at radius 3 is 2.63 bits per heavy atom. The Morgan fingerprint density at radius 2 is 2.11 bits per heavy atom. The molecule has 106 valence electrons. The Morgan fingerprint density at radius 1 is 1.42 bits per heavy atom. The number of hydrogen-bond donors (Lipinski definition) is 2. The maximum Gasteiger partial charge on any atom is 0.126 e. The van der Waals surface area contributed by atoms with Crippen LogP contribution in [0.15, 0.2) is 18.2 Å². The van der Waals surface area contributed by atoms with E-state index >= 15 is 0 Å². The van der Waals surface area contributed by atoms with E-state index in [2.05, 4.69) is 25.7 Å². The van der Waals surface area contributed by atoms with Crippen LogP contribution >= 0.6 is 11.6 Å². The van der Waals surface area contributed by atoms with Crippen molar-refractivity contribution < 1.29 is 0 Å². The maximum absolute atomic E-state index is 7.75. The molecule has 0 aromatic heterocycles. The molecule has 1 aromatic rings. The second kappa shape index (κ2) is 7.39. The van der Waals surface area contributed by atoms with E-state index in [0.717, 1.165) is 31.5 Å². The van der Waals surface area contributed by atoms with Gasteiger partial charge in [-0.15, -0.1) is 0 Å². The van der Waals surface area contributed by atoms with Gasteiger partial charge in [-0.05, 0) is 31.9 Å². The van der Waals surface area contributed by atoms with Crippen molar-refractivity contribution in [2.24, 2.45) is 5.73 Å². The van der Waals surface area contributed by atoms with Gasteiger partial charge in [-0.1, -0.05) is 37.9 Å². The van der Waals surface area contributed by atoms with Crippen molar-refractivity contribution in [3.8, 4) is 0 Å². The molecule has 0 fully saturated rings. The number of nitrogens with two attached hydrogens (primary N) is 1. The molecule has 0 aliphatic heterocycles. The summed E-state index contributed by atoms with van der Waals surface area (Å²) in [6, 6.07) is 6.12. The summed E-state index contributed by atoms with van der Waals surface area (Å²) in [6.07, 6.45) is 3.31. The Kier molecular flexibility index (Phi) is 6.16. The Balaban J connectivity index is 3.21. The summed E-state index contributed by atoms with van der Waals surface area (Å²) in [4.78, 5) is 2.31. The highest BCUT2D eigenvalue weighted by Gasteiger charge is 2.19. The standard InChI is InChI=1S/C15H24ClN3/c1-4-6-10-19(11(3)5-2)13-9-7-8-12(16)14(13)15(17)18/h7-9,11H,4-6,10H2,1-3H3,(H3,17,18). The molecule has 0 radical (unpaired) electrons. The summed E-state index contributed by atoms with van der Waals surface area (Å²) in [5.41, 5.74) is 7.32. The molecule has 0 aliphatic carbocycles. The van der Waals surface area contributed by atoms with Crippen LogP contribution in [0, 0.1) is 5.41 Å². The van der Waals surface area contributed by atoms with E-state index in [0.29, 0.717) is 16.6 Å². The molecule has 1 rings (SSSR count). The highest BCUT2D eigenvalue weighted by atomic mass is 35.5. The third kappa shape index (κ3) is 3.87. The quantitative estimate of drug-likeness (QED) is 0.586. The van der Waals surface area contributed by atoms with Crippen molar-refractivity contribution in [3.63, 3.8) is 0 Å². The average molecular weight is 282 g/mol. The average Bonchev–Trinajstić information content (AvgIpc) is 2.38. The van der Waals surface area contributed by atoms with Crippen LogP contribution in [0.4, 0.5) is 5.69 Å². The van der Waals surface area contributed by atoms with Crippen molar-refractivity contribution in [1.82, 2.24) is 0 Å². The smallest absolute Gasteiger partial charge is 0.126 e. The van der Waals surface area contributed by atoms with Crippen molar-refractivity contribution in [3.05, 3.63) is 28.8 Å². The van der Waals surface area contributed by atoms with Crippen LogP contribution < -0.4 is 10.6 Å². The molecule has 0 heterocycles. The molecule has 3 N–H and O–H groups in total. The molecular formula is C15H24ClN3. The summed E-state index contributed by atoms with van der Waals surface area (Å²) in [5.74, 6) is 0.0328. The van der Waals surface area contributed by atoms with Crippen LogP contribution in [-0.2, 0) is 0 Å². The first-order valence-corrected chi connectivity index (χ1v) is 7.30. The second-order valence-corrected chi connectivity index (χ2v) is 5.26. The number of rotatable bonds is 7. The monoisotopic (exact) mass is 281 g/mol. The van der Waals surface area contributed by atoms with E-state index in [1.54, 1.807) is 6.07 Å². The summed E-state index contributed by atoms with van der Waals surface area (Å²) in [7, 11) is 0. The highest BCUT2D eigenvalue weighted by Crippen LogP contribution is 2.29. The lowest BCUT2D eigenvalue weighted by molar-refractivity contribution is 0.595. The Labute approximate surface area is 121 Å². The number of amidine groups is 1. The van der Waals surface area contributed by atoms with Crippen molar-refractivity contribution in [2.45, 2.75) is 46.1 Å². The van der Waals surface area contributed by atoms with E-state index in [1.807, 2.05) is 12.1 Å². The lowest BCUT2D eigenvalue weighted by Gasteiger charge is -2.32. The fourth-order valence-electron chi connectivity index (χ4n) is 2.15. The fraction of sp³-hybridized carbons (Fsp3) is 0.533. The minimum atomic E-state index is 0.0328. The molecular weight excluding hydrogens is 258 g/mol. The van der Waals surface area contributed by atoms with Crippen molar-refractivity contribution in [1.29, 1.82) is 5.41 Å². The molecule has 0 saturated heterocycles. The number of hydrogen-bond acceptors (Lipinski definition) is 2. The lowest BCUT2D eigenvalue weighted by atomic mass is 10.1. The highest BCUT2D eigenvalue weighted by molar-refractivity contribution is 6.34. The summed E-state index contributed by atoms with van der Waals surface area (Å²) >= 11 is 6.20. The SMILES string of the molecule is CCCCN(c1cccc(Cl)c1C(=N)N)C(C)CC. The maximum atomic E-state index is 7.75. The van der Waals surface area contributed by atoms with Gasteiger partial charge in [0, 0.05) is 18.3 Å². The molecule has 1 unspecified atom stereocenters. The van der Waals surface area contributed by atoms with Crippen LogP contribution in [0.25, 0.3) is 0 Å². The topological polar surface area (TPSA) is 53.1 Å². The van der Waals surface area contributed by atoms with Gasteiger partial charge in [0.15, 0.2) is 0 Å². The molecule has 19 heavy (non-hydrogen) atoms. The van der Waals surface area contributed by atoms with Crippen molar-refractivity contribution >= 4 is 23.1 Å². The van der Waals surface area contributed by atoms with Crippen LogP contribution in [0.5, 0.6) is 0 Å². The molecule has 0 spiro atoms. The zero-order valence-corrected chi connectivity index (χ0v) is 12.8. The fourth-order valence-corrected chi connectivity index (χ4v) is 2.42. The molecule has 0 saturated carbocycles. The first kappa shape index (κ1) is 15.8. The molecule has 0 amide bonds. The summed E-state index contributed by atoms with van der Waals surface area (Å²) in [6.45, 7) is 7.51. The van der Waals surface area contributed by atoms with E-state index in [1.165, 1.54) is 0 Å². The van der Waals surface area contributed by atoms with E-state index in [4.69, 9.17) is 22.7 Å². The van der Waals surface area contributed by atoms with Gasteiger partial charge in [0.05, 0.1) is 10.6 Å². The molecule has 3 nitrogen and oxygen atoms in total. The number of nitrogens with one attached hydrogen (secondary N) is 1. The second-order valence-electron chi connectivity index (χ2n) is 4.85. The normalized spacial score (nSPS) is 12.2. The number of benzene rings is 1. The Bertz CT molecular complexity index is 431. The van der Waals surface area contributed by atoms with Gasteiger partial charge in [0.25, 0.3) is 0 Å². The summed E-state index contributed by atoms with van der Waals surface area (Å²) < 4.78 is 0. The number of nitrogens with zero attached hydrogens (tertiary/aromatic N) is 1. The van der Waals surface area contributed by atoms with Gasteiger partial charge >= 0.3 is 0 Å². The first-order chi connectivity index (χ1) is 9.02. The van der Waals surface area contributed by atoms with Gasteiger partial charge in [0.1, 0.15) is 5.84 Å². The zero-order valence-electron chi connectivity index (χ0n) is 12.0. The molecule has 4 heteroatoms. The number of nitrogen functional groups attached to an aromatic ring is 1. The minimum absolute atomic E-state index is 0.0328. The third-order valence-electron chi connectivity index (χ3n) is 3.45. The van der Waals surface area contributed by atoms with Gasteiger partial charge in [-0.2, -0.15) is 0 Å². The van der Waals surface area contributed by atoms with Crippen LogP contribution in [-0.4, -0.2) is 18.4 Å². The predicted octanol–water partition coefficient (Wildman–Crippen LogP) is 4.03. The zero-order chi connectivity index (χ0) is 14.4. The number of halogens is 1. The van der Waals surface area contributed by atoms with Crippen molar-refractivity contribution in [2.75, 3.05) is 11.4 Å². The predicted molar refractivity (Wildman–Crippen MR) is 84.5 cm³/mol. The van der Waals surface area contributed by atoms with E-state index in [9.17, 15) is 0 Å². The first-order valence-electron chi connectivity index (χ1n) is 6.92. The largest absolute Gasteiger partial charge is 0.384 e. The number of anilines is 1. The molecule has 1 aromatic carbocycles. The lowest BCUT2D eigenvalue weighted by Crippen LogP contribution is -2.35. The number of unbranched alkanes of at least 4 members (excludes halogenated alkanes) is 1. The van der Waals surface area contributed by atoms with E-state index in [-0.39, 0.29) is 5.84 Å². The van der Waals surface area contributed by atoms with Crippen LogP contribution in [0.2, 0.25) is 5.02 Å². The van der Waals surface area contributed by atoms with Gasteiger partial charge in [-0.3, -0.25) is 5.41 Å². The molecule has 0 bridgehead atoms.